The average molecular weight is 540 g/mol. The van der Waals surface area contributed by atoms with Gasteiger partial charge in [0.15, 0.2) is 10.8 Å². The zero-order valence-electron chi connectivity index (χ0n) is 22.6. The van der Waals surface area contributed by atoms with E-state index in [1.165, 1.54) is 30.9 Å². The van der Waals surface area contributed by atoms with Crippen LogP contribution in [0.5, 0.6) is 0 Å². The van der Waals surface area contributed by atoms with Gasteiger partial charge < -0.3 is 4.98 Å². The summed E-state index contributed by atoms with van der Waals surface area (Å²) in [6.07, 6.45) is 15.7. The molecular weight excluding hydrogens is 505 g/mol. The molecule has 1 saturated heterocycles. The molecule has 7 heteroatoms. The summed E-state index contributed by atoms with van der Waals surface area (Å²) in [4.78, 5) is 11.5. The Kier molecular flexibility index (Phi) is 8.19. The Hall–Kier alpha value is -3.81. The minimum Gasteiger partial charge on any atom is -0.357 e. The molecule has 4 aromatic heterocycles. The molecule has 0 saturated carbocycles. The average Bonchev–Trinajstić information content (AvgIpc) is 3.68. The zero-order valence-corrected chi connectivity index (χ0v) is 23.4. The summed E-state index contributed by atoms with van der Waals surface area (Å²) in [6.45, 7) is 15.2. The van der Waals surface area contributed by atoms with E-state index in [4.69, 9.17) is 0 Å². The lowest BCUT2D eigenvalue weighted by atomic mass is 10.0. The van der Waals surface area contributed by atoms with E-state index in [9.17, 15) is 4.39 Å². The predicted molar refractivity (Wildman–Crippen MR) is 162 cm³/mol. The molecule has 200 valence electrons. The van der Waals surface area contributed by atoms with Crippen molar-refractivity contribution in [1.82, 2.24) is 25.1 Å². The summed E-state index contributed by atoms with van der Waals surface area (Å²) in [5.74, 6) is 0. The van der Waals surface area contributed by atoms with Gasteiger partial charge >= 0.3 is 0 Å². The van der Waals surface area contributed by atoms with Crippen molar-refractivity contribution in [1.29, 1.82) is 0 Å². The van der Waals surface area contributed by atoms with Gasteiger partial charge in [0.2, 0.25) is 0 Å². The second kappa shape index (κ2) is 11.9. The monoisotopic (exact) mass is 539 g/mol. The Morgan fingerprint density at radius 2 is 2.00 bits per heavy atom. The first-order valence-electron chi connectivity index (χ1n) is 13.4. The molecule has 5 rings (SSSR count). The normalized spacial score (nSPS) is 15.7. The van der Waals surface area contributed by atoms with Gasteiger partial charge in [0, 0.05) is 45.4 Å². The highest BCUT2D eigenvalue weighted by Gasteiger charge is 2.18. The quantitative estimate of drug-likeness (QED) is 0.211. The number of H-pyrrole nitrogens is 2. The fourth-order valence-electron chi connectivity index (χ4n) is 5.19. The van der Waals surface area contributed by atoms with E-state index in [1.54, 1.807) is 12.1 Å². The Balaban J connectivity index is 1.49. The van der Waals surface area contributed by atoms with Crippen LogP contribution in [0.2, 0.25) is 0 Å². The van der Waals surface area contributed by atoms with Crippen molar-refractivity contribution in [2.24, 2.45) is 0 Å². The van der Waals surface area contributed by atoms with E-state index < -0.39 is 0 Å². The Morgan fingerprint density at radius 3 is 2.69 bits per heavy atom. The van der Waals surface area contributed by atoms with Crippen LogP contribution in [-0.2, 0) is 0 Å². The highest BCUT2D eigenvalue weighted by atomic mass is 32.1. The minimum atomic E-state index is -0.212. The molecule has 5 heterocycles. The van der Waals surface area contributed by atoms with Crippen molar-refractivity contribution in [3.05, 3.63) is 106 Å². The first kappa shape index (κ1) is 26.8. The fourth-order valence-corrected chi connectivity index (χ4v) is 5.96. The van der Waals surface area contributed by atoms with Gasteiger partial charge in [-0.1, -0.05) is 50.0 Å². The molecule has 0 aromatic carbocycles. The van der Waals surface area contributed by atoms with Crippen LogP contribution in [0.3, 0.4) is 0 Å². The van der Waals surface area contributed by atoms with Crippen molar-refractivity contribution < 1.29 is 4.39 Å². The number of rotatable bonds is 9. The number of thiophene rings is 1. The fraction of sp³-hybridized carbons (Fsp3) is 0.250. The summed E-state index contributed by atoms with van der Waals surface area (Å²) in [5, 5.41) is 8.36. The van der Waals surface area contributed by atoms with Crippen LogP contribution in [0.4, 0.5) is 4.39 Å². The highest BCUT2D eigenvalue weighted by Crippen LogP contribution is 2.35. The largest absolute Gasteiger partial charge is 0.357 e. The van der Waals surface area contributed by atoms with E-state index >= 15 is 0 Å². The van der Waals surface area contributed by atoms with E-state index in [-0.39, 0.29) is 5.13 Å². The number of likely N-dealkylation sites (tertiary alicyclic amines) is 1. The number of aromatic nitrogens is 4. The molecule has 0 radical (unpaired) electrons. The number of halogens is 1. The smallest absolute Gasteiger partial charge is 0.181 e. The number of nitrogens with one attached hydrogen (secondary N) is 2. The number of piperidine rings is 1. The molecule has 1 aliphatic heterocycles. The van der Waals surface area contributed by atoms with Crippen molar-refractivity contribution in [3.63, 3.8) is 0 Å². The third kappa shape index (κ3) is 5.79. The number of fused-ring (bicyclic) bond motifs is 1. The number of aromatic amines is 2. The summed E-state index contributed by atoms with van der Waals surface area (Å²) < 4.78 is 13.8. The first-order chi connectivity index (χ1) is 19.0. The Labute approximate surface area is 233 Å². The number of pyridine rings is 1. The number of aryl methyl sites for hydroxylation is 1. The molecule has 0 bridgehead atoms. The van der Waals surface area contributed by atoms with Crippen molar-refractivity contribution in [3.8, 4) is 11.4 Å². The van der Waals surface area contributed by atoms with Gasteiger partial charge in [-0.15, -0.1) is 11.3 Å². The maximum atomic E-state index is 13.8. The molecule has 5 nitrogen and oxygen atoms in total. The van der Waals surface area contributed by atoms with Gasteiger partial charge in [-0.25, -0.2) is 4.98 Å². The van der Waals surface area contributed by atoms with Crippen LogP contribution in [-0.4, -0.2) is 44.7 Å². The lowest BCUT2D eigenvalue weighted by Gasteiger charge is -2.26. The molecule has 1 aliphatic rings. The van der Waals surface area contributed by atoms with Crippen LogP contribution < -0.4 is 0 Å². The van der Waals surface area contributed by atoms with Crippen LogP contribution in [0.25, 0.3) is 33.6 Å². The minimum absolute atomic E-state index is 0.212. The van der Waals surface area contributed by atoms with Crippen molar-refractivity contribution in [2.75, 3.05) is 19.6 Å². The van der Waals surface area contributed by atoms with Gasteiger partial charge in [0.25, 0.3) is 0 Å². The Morgan fingerprint density at radius 1 is 1.18 bits per heavy atom. The van der Waals surface area contributed by atoms with Crippen LogP contribution in [0.1, 0.15) is 47.9 Å². The standard InChI is InChI=1S/C32H34FN5S/c1-5-11-25(29-12-13-30(33)39-29)26-18-28(35-21(26)4)31-27-17-24(19-34-32(27)37-36-31)23(7-3)16-22(6-2)20-38-14-9-8-10-15-38/h5-7,11-13,16-19,35H,1-2,8-10,14-15,20H2,3-4H3,(H,34,36,37)/b22-16+,23-7+,25-11+. The first-order valence-corrected chi connectivity index (χ1v) is 14.2. The summed E-state index contributed by atoms with van der Waals surface area (Å²) >= 11 is 1.13. The maximum absolute atomic E-state index is 13.8. The summed E-state index contributed by atoms with van der Waals surface area (Å²) in [7, 11) is 0. The van der Waals surface area contributed by atoms with Crippen molar-refractivity contribution in [2.45, 2.75) is 33.1 Å². The molecular formula is C32H34FN5S. The van der Waals surface area contributed by atoms with E-state index in [0.717, 1.165) is 80.6 Å². The molecule has 0 unspecified atom stereocenters. The third-order valence-electron chi connectivity index (χ3n) is 7.21. The predicted octanol–water partition coefficient (Wildman–Crippen LogP) is 8.08. The van der Waals surface area contributed by atoms with Crippen LogP contribution in [0, 0.1) is 12.1 Å². The summed E-state index contributed by atoms with van der Waals surface area (Å²) in [6, 6.07) is 7.51. The maximum Gasteiger partial charge on any atom is 0.181 e. The number of hydrogen-bond acceptors (Lipinski definition) is 4. The molecule has 0 spiro atoms. The topological polar surface area (TPSA) is 60.6 Å². The van der Waals surface area contributed by atoms with E-state index in [0.29, 0.717) is 5.65 Å². The third-order valence-corrected chi connectivity index (χ3v) is 8.12. The molecule has 0 amide bonds. The Bertz CT molecular complexity index is 1590. The highest BCUT2D eigenvalue weighted by molar-refractivity contribution is 7.11. The number of allylic oxidation sites excluding steroid dienone is 5. The van der Waals surface area contributed by atoms with Crippen LogP contribution in [0.15, 0.2) is 79.6 Å². The van der Waals surface area contributed by atoms with Gasteiger partial charge in [0.05, 0.1) is 11.4 Å². The van der Waals surface area contributed by atoms with Crippen LogP contribution >= 0.6 is 11.3 Å². The molecule has 1 fully saturated rings. The lowest BCUT2D eigenvalue weighted by Crippen LogP contribution is -2.31. The molecule has 4 aromatic rings. The SMILES string of the molecule is C=C/C=C(/c1ccc(F)s1)c1cc(-c2[nH]nc3ncc(C(/C=C(\C=C)CN4CCCCC4)=C/C)cc23)[nH]c1C. The zero-order chi connectivity index (χ0) is 27.4. The van der Waals surface area contributed by atoms with Gasteiger partial charge in [-0.05, 0) is 75.2 Å². The van der Waals surface area contributed by atoms with E-state index in [2.05, 4.69) is 69.4 Å². The molecule has 2 N–H and O–H groups in total. The number of nitrogens with zero attached hydrogens (tertiary/aromatic N) is 3. The molecule has 39 heavy (non-hydrogen) atoms. The van der Waals surface area contributed by atoms with Gasteiger partial charge in [0.1, 0.15) is 0 Å². The van der Waals surface area contributed by atoms with Crippen molar-refractivity contribution >= 4 is 33.5 Å². The molecule has 0 aliphatic carbocycles. The summed E-state index contributed by atoms with van der Waals surface area (Å²) in [5.41, 5.74) is 8.63. The molecule has 0 atom stereocenters. The lowest BCUT2D eigenvalue weighted by molar-refractivity contribution is 0.248. The van der Waals surface area contributed by atoms with Gasteiger partial charge in [-0.2, -0.15) is 9.49 Å². The van der Waals surface area contributed by atoms with E-state index in [1.807, 2.05) is 25.3 Å². The van der Waals surface area contributed by atoms with Gasteiger partial charge in [-0.3, -0.25) is 10.00 Å². The second-order valence-corrected chi connectivity index (χ2v) is 10.9. The second-order valence-electron chi connectivity index (χ2n) is 9.84. The number of hydrogen-bond donors (Lipinski definition) is 2.